The number of carboxylic acids is 1. The van der Waals surface area contributed by atoms with Crippen LogP contribution in [0.25, 0.3) is 11.0 Å². The van der Waals surface area contributed by atoms with Crippen molar-refractivity contribution in [3.8, 4) is 0 Å². The van der Waals surface area contributed by atoms with Crippen LogP contribution < -0.4 is 0 Å². The van der Waals surface area contributed by atoms with Gasteiger partial charge in [0.2, 0.25) is 0 Å². The highest BCUT2D eigenvalue weighted by Gasteiger charge is 2.12. The second-order valence-electron chi connectivity index (χ2n) is 4.21. The number of hydrogen-bond donors (Lipinski definition) is 1. The van der Waals surface area contributed by atoms with Crippen molar-refractivity contribution in [2.75, 3.05) is 0 Å². The molecule has 1 N–H and O–H groups in total. The largest absolute Gasteiger partial charge is 0.481 e. The molecule has 1 aromatic heterocycles. The molecule has 0 radical (unpaired) electrons. The molecule has 0 aliphatic heterocycles. The van der Waals surface area contributed by atoms with Crippen molar-refractivity contribution in [2.45, 2.75) is 26.2 Å². The van der Waals surface area contributed by atoms with Gasteiger partial charge in [-0.15, -0.1) is 0 Å². The van der Waals surface area contributed by atoms with E-state index in [1.807, 2.05) is 18.2 Å². The zero-order valence-electron chi connectivity index (χ0n) is 9.36. The predicted octanol–water partition coefficient (Wildman–Crippen LogP) is 3.18. The lowest BCUT2D eigenvalue weighted by molar-refractivity contribution is -0.136. The van der Waals surface area contributed by atoms with Crippen molar-refractivity contribution in [2.24, 2.45) is 0 Å². The quantitative estimate of drug-likeness (QED) is 0.860. The van der Waals surface area contributed by atoms with E-state index in [4.69, 9.17) is 9.52 Å². The highest BCUT2D eigenvalue weighted by Crippen LogP contribution is 2.27. The molecule has 16 heavy (non-hydrogen) atoms. The third kappa shape index (κ3) is 1.94. The number of benzene rings is 1. The Hall–Kier alpha value is -1.77. The second-order valence-corrected chi connectivity index (χ2v) is 4.21. The number of fused-ring (bicyclic) bond motifs is 1. The van der Waals surface area contributed by atoms with Crippen LogP contribution in [-0.2, 0) is 11.2 Å². The number of furan rings is 1. The van der Waals surface area contributed by atoms with E-state index in [9.17, 15) is 4.79 Å². The average Bonchev–Trinajstić information content (AvgIpc) is 2.61. The zero-order chi connectivity index (χ0) is 11.7. The Bertz CT molecular complexity index is 523. The number of aliphatic carboxylic acids is 1. The molecule has 0 atom stereocenters. The van der Waals surface area contributed by atoms with Crippen molar-refractivity contribution >= 4 is 16.9 Å². The lowest BCUT2D eigenvalue weighted by atomic mass is 10.1. The Morgan fingerprint density at radius 1 is 1.44 bits per heavy atom. The molecular weight excluding hydrogens is 204 g/mol. The summed E-state index contributed by atoms with van der Waals surface area (Å²) in [6.45, 7) is 4.10. The number of carbonyl (C=O) groups is 1. The first kappa shape index (κ1) is 10.7. The molecule has 2 aromatic rings. The molecule has 0 fully saturated rings. The smallest absolute Gasteiger partial charge is 0.307 e. The summed E-state index contributed by atoms with van der Waals surface area (Å²) in [5.74, 6) is 0.368. The zero-order valence-corrected chi connectivity index (χ0v) is 9.36. The fraction of sp³-hybridized carbons (Fsp3) is 0.308. The highest BCUT2D eigenvalue weighted by molar-refractivity contribution is 5.85. The van der Waals surface area contributed by atoms with Gasteiger partial charge in [-0.3, -0.25) is 4.79 Å². The standard InChI is InChI=1S/C13H14O3/c1-8(2)11-6-9-4-3-5-10(7-12(14)15)13(9)16-11/h3-6,8H,7H2,1-2H3,(H,14,15). The Balaban J connectivity index is 2.54. The van der Waals surface area contributed by atoms with Crippen LogP contribution in [0.5, 0.6) is 0 Å². The van der Waals surface area contributed by atoms with Crippen molar-refractivity contribution < 1.29 is 14.3 Å². The molecule has 1 aromatic carbocycles. The van der Waals surface area contributed by atoms with Crippen LogP contribution in [0.4, 0.5) is 0 Å². The SMILES string of the molecule is CC(C)c1cc2cccc(CC(=O)O)c2o1. The number of hydrogen-bond acceptors (Lipinski definition) is 2. The molecule has 84 valence electrons. The van der Waals surface area contributed by atoms with E-state index >= 15 is 0 Å². The lowest BCUT2D eigenvalue weighted by Gasteiger charge is -1.99. The summed E-state index contributed by atoms with van der Waals surface area (Å²) in [6, 6.07) is 7.58. The second kappa shape index (κ2) is 4.00. The maximum atomic E-state index is 10.7. The monoisotopic (exact) mass is 218 g/mol. The van der Waals surface area contributed by atoms with Gasteiger partial charge in [0.25, 0.3) is 0 Å². The van der Waals surface area contributed by atoms with Crippen LogP contribution >= 0.6 is 0 Å². The Morgan fingerprint density at radius 3 is 2.81 bits per heavy atom. The summed E-state index contributed by atoms with van der Waals surface area (Å²) in [5, 5.41) is 9.78. The van der Waals surface area contributed by atoms with Crippen LogP contribution in [0.3, 0.4) is 0 Å². The highest BCUT2D eigenvalue weighted by atomic mass is 16.4. The molecule has 0 aliphatic rings. The first-order chi connectivity index (χ1) is 7.58. The van der Waals surface area contributed by atoms with Crippen LogP contribution in [0, 0.1) is 0 Å². The molecule has 0 aliphatic carbocycles. The molecule has 0 saturated heterocycles. The van der Waals surface area contributed by atoms with Crippen LogP contribution in [-0.4, -0.2) is 11.1 Å². The minimum Gasteiger partial charge on any atom is -0.481 e. The summed E-state index contributed by atoms with van der Waals surface area (Å²) in [5.41, 5.74) is 1.44. The van der Waals surface area contributed by atoms with E-state index in [2.05, 4.69) is 13.8 Å². The van der Waals surface area contributed by atoms with Crippen molar-refractivity contribution in [3.05, 3.63) is 35.6 Å². The van der Waals surface area contributed by atoms with Crippen LogP contribution in [0.2, 0.25) is 0 Å². The fourth-order valence-corrected chi connectivity index (χ4v) is 1.73. The van der Waals surface area contributed by atoms with Gasteiger partial charge in [-0.25, -0.2) is 0 Å². The fourth-order valence-electron chi connectivity index (χ4n) is 1.73. The molecule has 1 heterocycles. The van der Waals surface area contributed by atoms with Gasteiger partial charge in [0.15, 0.2) is 0 Å². The van der Waals surface area contributed by atoms with E-state index in [1.54, 1.807) is 6.07 Å². The molecule has 0 amide bonds. The summed E-state index contributed by atoms with van der Waals surface area (Å²) < 4.78 is 5.70. The lowest BCUT2D eigenvalue weighted by Crippen LogP contribution is -1.99. The third-order valence-electron chi connectivity index (χ3n) is 2.56. The van der Waals surface area contributed by atoms with Gasteiger partial charge in [-0.1, -0.05) is 32.0 Å². The summed E-state index contributed by atoms with van der Waals surface area (Å²) in [6.07, 6.45) is 0.00237. The number of rotatable bonds is 3. The van der Waals surface area contributed by atoms with Crippen LogP contribution in [0.1, 0.15) is 31.1 Å². The van der Waals surface area contributed by atoms with Gasteiger partial charge < -0.3 is 9.52 Å². The van der Waals surface area contributed by atoms with Gasteiger partial charge in [-0.05, 0) is 6.07 Å². The minimum absolute atomic E-state index is 0.00237. The summed E-state index contributed by atoms with van der Waals surface area (Å²) >= 11 is 0. The molecular formula is C13H14O3. The van der Waals surface area contributed by atoms with Gasteiger partial charge in [0.05, 0.1) is 6.42 Å². The number of para-hydroxylation sites is 1. The maximum Gasteiger partial charge on any atom is 0.307 e. The van der Waals surface area contributed by atoms with Gasteiger partial charge in [0.1, 0.15) is 11.3 Å². The molecule has 0 bridgehead atoms. The maximum absolute atomic E-state index is 10.7. The Kier molecular flexibility index (Phi) is 2.69. The summed E-state index contributed by atoms with van der Waals surface area (Å²) in [7, 11) is 0. The number of carboxylic acid groups (broad SMARTS) is 1. The van der Waals surface area contributed by atoms with Crippen molar-refractivity contribution in [3.63, 3.8) is 0 Å². The van der Waals surface area contributed by atoms with E-state index in [1.165, 1.54) is 0 Å². The van der Waals surface area contributed by atoms with E-state index < -0.39 is 5.97 Å². The molecule has 0 spiro atoms. The molecule has 0 saturated carbocycles. The van der Waals surface area contributed by atoms with Crippen LogP contribution in [0.15, 0.2) is 28.7 Å². The molecule has 2 rings (SSSR count). The first-order valence-corrected chi connectivity index (χ1v) is 5.31. The molecule has 0 unspecified atom stereocenters. The predicted molar refractivity (Wildman–Crippen MR) is 61.6 cm³/mol. The van der Waals surface area contributed by atoms with Crippen molar-refractivity contribution in [1.29, 1.82) is 0 Å². The Labute approximate surface area is 93.7 Å². The van der Waals surface area contributed by atoms with E-state index in [-0.39, 0.29) is 6.42 Å². The average molecular weight is 218 g/mol. The van der Waals surface area contributed by atoms with Crippen molar-refractivity contribution in [1.82, 2.24) is 0 Å². The molecule has 3 heteroatoms. The van der Waals surface area contributed by atoms with E-state index in [0.29, 0.717) is 11.5 Å². The van der Waals surface area contributed by atoms with Gasteiger partial charge >= 0.3 is 5.97 Å². The topological polar surface area (TPSA) is 50.4 Å². The summed E-state index contributed by atoms with van der Waals surface area (Å²) in [4.78, 5) is 10.7. The minimum atomic E-state index is -0.838. The van der Waals surface area contributed by atoms with E-state index in [0.717, 1.165) is 16.7 Å². The normalized spacial score (nSPS) is 11.2. The van der Waals surface area contributed by atoms with Gasteiger partial charge in [-0.2, -0.15) is 0 Å². The Morgan fingerprint density at radius 2 is 2.19 bits per heavy atom. The first-order valence-electron chi connectivity index (χ1n) is 5.31. The third-order valence-corrected chi connectivity index (χ3v) is 2.56. The van der Waals surface area contributed by atoms with Gasteiger partial charge in [0, 0.05) is 16.9 Å². The molecule has 3 nitrogen and oxygen atoms in total.